The van der Waals surface area contributed by atoms with Crippen LogP contribution in [0, 0.1) is 5.92 Å². The molecule has 14 nitrogen and oxygen atoms in total. The lowest BCUT2D eigenvalue weighted by molar-refractivity contribution is -0.132. The molecule has 0 spiro atoms. The molecule has 3 heterocycles. The van der Waals surface area contributed by atoms with Crippen LogP contribution in [0.5, 0.6) is 11.5 Å². The van der Waals surface area contributed by atoms with Crippen molar-refractivity contribution in [1.82, 2.24) is 26.6 Å². The second kappa shape index (κ2) is 20.9. The van der Waals surface area contributed by atoms with Crippen LogP contribution in [-0.4, -0.2) is 83.9 Å². The predicted molar refractivity (Wildman–Crippen MR) is 245 cm³/mol. The highest BCUT2D eigenvalue weighted by Crippen LogP contribution is 2.40. The maximum atomic E-state index is 14.4. The number of urea groups is 1. The molecule has 0 aromatic heterocycles. The van der Waals surface area contributed by atoms with Gasteiger partial charge in [0.1, 0.15) is 23.6 Å². The van der Waals surface area contributed by atoms with E-state index in [2.05, 4.69) is 33.5 Å². The van der Waals surface area contributed by atoms with E-state index in [1.807, 2.05) is 43.3 Å². The Bertz CT molecular complexity index is 2330. The number of fused-ring (bicyclic) bond motifs is 2. The quantitative estimate of drug-likeness (QED) is 0.0466. The van der Waals surface area contributed by atoms with Crippen LogP contribution in [0.3, 0.4) is 0 Å². The number of hydrogen-bond acceptors (Lipinski definition) is 9. The fourth-order valence-corrected chi connectivity index (χ4v) is 9.94. The van der Waals surface area contributed by atoms with Crippen LogP contribution in [-0.2, 0) is 25.6 Å². The fraction of sp³-hybridized carbons (Fsp3) is 0.388. The second-order valence-corrected chi connectivity index (χ2v) is 17.8. The third kappa shape index (κ3) is 10.9. The smallest absolute Gasteiger partial charge is 0.315 e. The zero-order valence-electron chi connectivity index (χ0n) is 36.5. The molecule has 8 atom stereocenters. The molecule has 0 aliphatic carbocycles. The number of thioether (sulfide) groups is 1. The molecule has 2 fully saturated rings. The molecule has 2 unspecified atom stereocenters. The number of amides is 6. The van der Waals surface area contributed by atoms with Gasteiger partial charge in [-0.2, -0.15) is 11.8 Å². The lowest BCUT2D eigenvalue weighted by Gasteiger charge is -2.28. The molecule has 4 aromatic carbocycles. The van der Waals surface area contributed by atoms with Crippen molar-refractivity contribution < 1.29 is 38.2 Å². The van der Waals surface area contributed by atoms with Crippen LogP contribution in [0.1, 0.15) is 86.0 Å². The molecular formula is C49H56N6O8S. The van der Waals surface area contributed by atoms with E-state index < -0.39 is 42.1 Å². The normalized spacial score (nSPS) is 21.4. The van der Waals surface area contributed by atoms with Crippen molar-refractivity contribution >= 4 is 52.9 Å². The van der Waals surface area contributed by atoms with E-state index in [0.29, 0.717) is 58.7 Å². The van der Waals surface area contributed by atoms with Crippen molar-refractivity contribution in [2.45, 2.75) is 101 Å². The number of unbranched alkanes of at least 4 members (excludes halogenated alkanes) is 1. The average molecular weight is 889 g/mol. The van der Waals surface area contributed by atoms with E-state index in [1.165, 1.54) is 11.8 Å². The van der Waals surface area contributed by atoms with Crippen LogP contribution in [0.2, 0.25) is 0 Å². The summed E-state index contributed by atoms with van der Waals surface area (Å²) < 4.78 is 13.0. The van der Waals surface area contributed by atoms with Crippen LogP contribution in [0.25, 0.3) is 0 Å². The standard InChI is InChI=1S/C49H56N6O8S/c1-5-7-21-41(52-47(59)31(6-2)26-39-42-36(28-64-39)51-49(61)54-42)62-35-22-23-38-37(27-35)55(4)48(60)43(45(63-38)33-18-12-9-13-19-33)53-46(58)29(3)50-40(56)25-30-15-14-20-34(24-30)44(57)32-16-10-8-11-17-32/h8-20,22-24,27,29,31,36,39,41-43,45H,5-7,21,25-26,28H2,1-4H3,(H,50,56)(H,52,59)(H,53,58)(H2,51,54,61)/t29-,31?,36-,39-,41?,42-,43-,45+/m0/s1. The summed E-state index contributed by atoms with van der Waals surface area (Å²) in [6.07, 6.45) is 1.84. The summed E-state index contributed by atoms with van der Waals surface area (Å²) in [5.41, 5.74) is 2.64. The lowest BCUT2D eigenvalue weighted by atomic mass is 9.94. The highest BCUT2D eigenvalue weighted by Gasteiger charge is 2.44. The molecule has 4 aromatic rings. The molecule has 0 bridgehead atoms. The zero-order chi connectivity index (χ0) is 45.3. The predicted octanol–water partition coefficient (Wildman–Crippen LogP) is 5.84. The highest BCUT2D eigenvalue weighted by atomic mass is 32.2. The molecule has 2 saturated heterocycles. The van der Waals surface area contributed by atoms with Gasteiger partial charge in [-0.3, -0.25) is 24.0 Å². The molecule has 336 valence electrons. The van der Waals surface area contributed by atoms with Gasteiger partial charge in [-0.1, -0.05) is 99.1 Å². The number of ether oxygens (including phenoxy) is 2. The molecule has 3 aliphatic heterocycles. The van der Waals surface area contributed by atoms with Gasteiger partial charge in [-0.05, 0) is 55.5 Å². The summed E-state index contributed by atoms with van der Waals surface area (Å²) in [6.45, 7) is 5.59. The number of carbonyl (C=O) groups excluding carboxylic acids is 6. The number of ketones is 1. The van der Waals surface area contributed by atoms with Gasteiger partial charge in [0.25, 0.3) is 5.91 Å². The number of carbonyl (C=O) groups is 6. The Hall–Kier alpha value is -6.35. The summed E-state index contributed by atoms with van der Waals surface area (Å²) >= 11 is 1.77. The van der Waals surface area contributed by atoms with E-state index in [0.717, 1.165) is 18.6 Å². The number of nitrogens with zero attached hydrogens (tertiary/aromatic N) is 1. The van der Waals surface area contributed by atoms with Gasteiger partial charge in [0.15, 0.2) is 18.1 Å². The molecule has 5 N–H and O–H groups in total. The first-order chi connectivity index (χ1) is 30.9. The van der Waals surface area contributed by atoms with E-state index >= 15 is 0 Å². The number of rotatable bonds is 18. The van der Waals surface area contributed by atoms with Crippen molar-refractivity contribution in [2.24, 2.45) is 5.92 Å². The molecule has 15 heteroatoms. The third-order valence-corrected chi connectivity index (χ3v) is 13.4. The van der Waals surface area contributed by atoms with Crippen LogP contribution in [0.4, 0.5) is 10.5 Å². The van der Waals surface area contributed by atoms with Gasteiger partial charge >= 0.3 is 6.03 Å². The maximum Gasteiger partial charge on any atom is 0.315 e. The summed E-state index contributed by atoms with van der Waals surface area (Å²) in [7, 11) is 1.60. The largest absolute Gasteiger partial charge is 0.481 e. The highest BCUT2D eigenvalue weighted by molar-refractivity contribution is 8.00. The number of nitrogens with one attached hydrogen (secondary N) is 5. The first kappa shape index (κ1) is 45.7. The summed E-state index contributed by atoms with van der Waals surface area (Å²) in [6, 6.07) is 27.6. The topological polar surface area (TPSA) is 184 Å². The monoisotopic (exact) mass is 888 g/mol. The van der Waals surface area contributed by atoms with Crippen molar-refractivity contribution in [3.8, 4) is 11.5 Å². The van der Waals surface area contributed by atoms with Crippen LogP contribution < -0.4 is 41.0 Å². The molecule has 7 rings (SSSR count). The molecule has 0 saturated carbocycles. The van der Waals surface area contributed by atoms with Gasteiger partial charge in [-0.15, -0.1) is 0 Å². The first-order valence-corrected chi connectivity index (χ1v) is 23.0. The maximum absolute atomic E-state index is 14.4. The van der Waals surface area contributed by atoms with Crippen molar-refractivity contribution in [1.29, 1.82) is 0 Å². The first-order valence-electron chi connectivity index (χ1n) is 22.0. The Balaban J connectivity index is 1.03. The van der Waals surface area contributed by atoms with Gasteiger partial charge in [0, 0.05) is 47.6 Å². The van der Waals surface area contributed by atoms with Gasteiger partial charge in [0.05, 0.1) is 24.2 Å². The third-order valence-electron chi connectivity index (χ3n) is 12.0. The average Bonchev–Trinajstić information content (AvgIpc) is 3.84. The Morgan fingerprint density at radius 3 is 2.34 bits per heavy atom. The summed E-state index contributed by atoms with van der Waals surface area (Å²) in [5, 5.41) is 14.8. The zero-order valence-corrected chi connectivity index (χ0v) is 37.3. The van der Waals surface area contributed by atoms with Crippen molar-refractivity contribution in [2.75, 3.05) is 17.7 Å². The summed E-state index contributed by atoms with van der Waals surface area (Å²) in [5.74, 6) is -0.451. The van der Waals surface area contributed by atoms with E-state index in [1.54, 1.807) is 85.5 Å². The molecule has 3 aliphatic rings. The lowest BCUT2D eigenvalue weighted by Crippen LogP contribution is -2.55. The van der Waals surface area contributed by atoms with Crippen LogP contribution in [0.15, 0.2) is 103 Å². The minimum atomic E-state index is -1.19. The van der Waals surface area contributed by atoms with E-state index in [-0.39, 0.29) is 47.4 Å². The number of likely N-dealkylation sites (N-methyl/N-ethyl adjacent to an activating group) is 1. The molecule has 64 heavy (non-hydrogen) atoms. The van der Waals surface area contributed by atoms with E-state index in [4.69, 9.17) is 9.47 Å². The number of hydrogen-bond donors (Lipinski definition) is 5. The Kier molecular flexibility index (Phi) is 14.9. The minimum absolute atomic E-state index is 0.00810. The SMILES string of the molecule is CCCCC(NC(=O)C(CC)C[C@@H]1SC[C@@H]2NC(=O)N[C@@H]21)Oc1ccc2c(c1)N(C)C(=O)[C@@H](NC(=O)[C@H](C)NC(=O)Cc1cccc(C(=O)c3ccccc3)c1)[C@@H](c1ccccc1)O2. The Morgan fingerprint density at radius 1 is 0.875 bits per heavy atom. The number of anilines is 1. The second-order valence-electron chi connectivity index (χ2n) is 16.5. The number of benzene rings is 4. The van der Waals surface area contributed by atoms with Crippen molar-refractivity contribution in [3.05, 3.63) is 125 Å². The molecule has 6 amide bonds. The van der Waals surface area contributed by atoms with Gasteiger partial charge < -0.3 is 41.0 Å². The summed E-state index contributed by atoms with van der Waals surface area (Å²) in [4.78, 5) is 81.7. The van der Waals surface area contributed by atoms with Gasteiger partial charge in [-0.25, -0.2) is 4.79 Å². The Morgan fingerprint density at radius 2 is 1.61 bits per heavy atom. The molecular weight excluding hydrogens is 833 g/mol. The minimum Gasteiger partial charge on any atom is -0.481 e. The van der Waals surface area contributed by atoms with Crippen molar-refractivity contribution in [3.63, 3.8) is 0 Å². The fourth-order valence-electron chi connectivity index (χ4n) is 8.36. The van der Waals surface area contributed by atoms with Crippen LogP contribution >= 0.6 is 11.8 Å². The molecule has 0 radical (unpaired) electrons. The van der Waals surface area contributed by atoms with E-state index in [9.17, 15) is 28.8 Å². The van der Waals surface area contributed by atoms with Gasteiger partial charge in [0.2, 0.25) is 17.7 Å². The Labute approximate surface area is 378 Å².